The molecule has 10 heteroatoms. The summed E-state index contributed by atoms with van der Waals surface area (Å²) in [6.45, 7) is 1.49. The standard InChI is InChI=1S/C21H26O10/c1-10-5-11-7-15(19(27)20(28)16(11)17(25)13(23)6-10)29-3-2-4-30-21-18(26)14(24)8-12(9-22)31-21/h5-7,12,14,18,21-22,24,26-28H,2-4,8-9H2,1H3,(H,23,25)/t12-,14?,18?,21+/m0/s1. The van der Waals surface area contributed by atoms with Gasteiger partial charge in [0.1, 0.15) is 6.10 Å². The molecule has 0 radical (unpaired) electrons. The lowest BCUT2D eigenvalue weighted by molar-refractivity contribution is -0.271. The maximum atomic E-state index is 11.9. The number of ether oxygens (including phenoxy) is 3. The minimum absolute atomic E-state index is 0.0489. The van der Waals surface area contributed by atoms with Crippen LogP contribution in [0, 0.1) is 6.92 Å². The van der Waals surface area contributed by atoms with Crippen molar-refractivity contribution in [3.8, 4) is 23.0 Å². The molecule has 2 aromatic carbocycles. The molecule has 31 heavy (non-hydrogen) atoms. The lowest BCUT2D eigenvalue weighted by atomic mass is 10.0. The summed E-state index contributed by atoms with van der Waals surface area (Å²) >= 11 is 0. The van der Waals surface area contributed by atoms with Crippen molar-refractivity contribution >= 4 is 10.8 Å². The Hall–Kier alpha value is -2.63. The van der Waals surface area contributed by atoms with Gasteiger partial charge in [-0.2, -0.15) is 0 Å². The Bertz CT molecular complexity index is 992. The molecule has 4 atom stereocenters. The monoisotopic (exact) mass is 438 g/mol. The average Bonchev–Trinajstić information content (AvgIpc) is 2.83. The Morgan fingerprint density at radius 1 is 1.06 bits per heavy atom. The predicted molar refractivity (Wildman–Crippen MR) is 108 cm³/mol. The van der Waals surface area contributed by atoms with Crippen LogP contribution in [0.25, 0.3) is 10.8 Å². The van der Waals surface area contributed by atoms with Crippen LogP contribution in [0.15, 0.2) is 23.0 Å². The largest absolute Gasteiger partial charge is 0.504 e. The van der Waals surface area contributed by atoms with Gasteiger partial charge in [0, 0.05) is 12.8 Å². The zero-order chi connectivity index (χ0) is 22.7. The number of phenols is 2. The maximum absolute atomic E-state index is 11.9. The van der Waals surface area contributed by atoms with Gasteiger partial charge in [0.05, 0.1) is 37.4 Å². The second-order valence-corrected chi connectivity index (χ2v) is 7.46. The minimum atomic E-state index is -1.24. The first kappa shape index (κ1) is 23.0. The van der Waals surface area contributed by atoms with E-state index < -0.39 is 47.3 Å². The molecule has 0 aromatic heterocycles. The summed E-state index contributed by atoms with van der Waals surface area (Å²) in [5.41, 5.74) is -0.136. The minimum Gasteiger partial charge on any atom is -0.504 e. The highest BCUT2D eigenvalue weighted by atomic mass is 16.7. The molecule has 3 rings (SSSR count). The normalized spacial score (nSPS) is 23.7. The van der Waals surface area contributed by atoms with Crippen LogP contribution in [0.3, 0.4) is 0 Å². The van der Waals surface area contributed by atoms with Crippen molar-refractivity contribution in [2.75, 3.05) is 19.8 Å². The van der Waals surface area contributed by atoms with Gasteiger partial charge in [0.15, 0.2) is 23.5 Å². The fraction of sp³-hybridized carbons (Fsp3) is 0.476. The van der Waals surface area contributed by atoms with Gasteiger partial charge in [0.2, 0.25) is 11.2 Å². The van der Waals surface area contributed by atoms with E-state index in [1.54, 1.807) is 13.0 Å². The number of rotatable bonds is 7. The molecule has 1 heterocycles. The molecule has 1 aliphatic rings. The van der Waals surface area contributed by atoms with E-state index in [9.17, 15) is 30.3 Å². The van der Waals surface area contributed by atoms with E-state index in [1.807, 2.05) is 0 Å². The molecule has 0 bridgehead atoms. The number of hydrogen-bond donors (Lipinski definition) is 6. The van der Waals surface area contributed by atoms with Crippen LogP contribution >= 0.6 is 0 Å². The number of fused-ring (bicyclic) bond motifs is 1. The first-order valence-electron chi connectivity index (χ1n) is 9.82. The topological polar surface area (TPSA) is 166 Å². The summed E-state index contributed by atoms with van der Waals surface area (Å²) in [5.74, 6) is -2.01. The van der Waals surface area contributed by atoms with Gasteiger partial charge in [-0.05, 0) is 30.0 Å². The predicted octanol–water partition coefficient (Wildman–Crippen LogP) is 0.240. The van der Waals surface area contributed by atoms with E-state index in [1.165, 1.54) is 12.1 Å². The molecule has 1 aliphatic heterocycles. The Morgan fingerprint density at radius 3 is 2.52 bits per heavy atom. The van der Waals surface area contributed by atoms with Crippen molar-refractivity contribution in [1.29, 1.82) is 0 Å². The zero-order valence-corrected chi connectivity index (χ0v) is 16.9. The zero-order valence-electron chi connectivity index (χ0n) is 16.9. The number of benzene rings is 1. The molecule has 0 saturated carbocycles. The molecule has 6 N–H and O–H groups in total. The first-order chi connectivity index (χ1) is 14.7. The number of hydrogen-bond acceptors (Lipinski definition) is 10. The van der Waals surface area contributed by atoms with Crippen molar-refractivity contribution in [3.63, 3.8) is 0 Å². The van der Waals surface area contributed by atoms with Crippen LogP contribution < -0.4 is 10.2 Å². The van der Waals surface area contributed by atoms with Crippen LogP contribution in [0.5, 0.6) is 23.0 Å². The molecule has 2 unspecified atom stereocenters. The molecule has 0 spiro atoms. The van der Waals surface area contributed by atoms with Crippen molar-refractivity contribution in [2.24, 2.45) is 0 Å². The summed E-state index contributed by atoms with van der Waals surface area (Å²) in [6.07, 6.45) is -3.62. The second kappa shape index (κ2) is 9.67. The molecule has 10 nitrogen and oxygen atoms in total. The van der Waals surface area contributed by atoms with Gasteiger partial charge in [-0.1, -0.05) is 6.07 Å². The number of aliphatic hydroxyl groups excluding tert-OH is 3. The molecule has 0 amide bonds. The van der Waals surface area contributed by atoms with Crippen molar-refractivity contribution in [2.45, 2.75) is 44.4 Å². The Balaban J connectivity index is 1.65. The molecule has 2 aromatic rings. The first-order valence-corrected chi connectivity index (χ1v) is 9.82. The van der Waals surface area contributed by atoms with Gasteiger partial charge in [-0.25, -0.2) is 0 Å². The third kappa shape index (κ3) is 5.00. The van der Waals surface area contributed by atoms with Crippen LogP contribution in [0.4, 0.5) is 0 Å². The molecular formula is C21H26O10. The quantitative estimate of drug-likeness (QED) is 0.260. The van der Waals surface area contributed by atoms with Crippen molar-refractivity contribution in [1.82, 2.24) is 0 Å². The lowest BCUT2D eigenvalue weighted by Crippen LogP contribution is -2.50. The van der Waals surface area contributed by atoms with E-state index in [2.05, 4.69) is 0 Å². The van der Waals surface area contributed by atoms with Gasteiger partial charge >= 0.3 is 0 Å². The van der Waals surface area contributed by atoms with E-state index in [4.69, 9.17) is 19.3 Å². The summed E-state index contributed by atoms with van der Waals surface area (Å²) in [5, 5.41) is 59.6. The Morgan fingerprint density at radius 2 is 1.81 bits per heavy atom. The summed E-state index contributed by atoms with van der Waals surface area (Å²) in [4.78, 5) is 11.9. The summed E-state index contributed by atoms with van der Waals surface area (Å²) in [7, 11) is 0. The molecule has 1 saturated heterocycles. The molecule has 170 valence electrons. The van der Waals surface area contributed by atoms with E-state index in [0.29, 0.717) is 17.4 Å². The highest BCUT2D eigenvalue weighted by molar-refractivity contribution is 5.96. The molecule has 1 fully saturated rings. The lowest BCUT2D eigenvalue weighted by Gasteiger charge is -2.36. The van der Waals surface area contributed by atoms with Gasteiger partial charge < -0.3 is 44.8 Å². The van der Waals surface area contributed by atoms with Crippen molar-refractivity contribution < 1.29 is 44.8 Å². The number of aromatic hydroxyl groups is 3. The van der Waals surface area contributed by atoms with E-state index >= 15 is 0 Å². The SMILES string of the molecule is Cc1cc(=O)c(O)c2c(O)c(O)c(OCCCO[C@@H]3O[C@H](CO)CC(O)C3O)cc2c1. The van der Waals surface area contributed by atoms with Crippen LogP contribution in [-0.2, 0) is 9.47 Å². The second-order valence-electron chi connectivity index (χ2n) is 7.46. The van der Waals surface area contributed by atoms with Crippen LogP contribution in [0.2, 0.25) is 0 Å². The Kier molecular flexibility index (Phi) is 7.19. The maximum Gasteiger partial charge on any atom is 0.221 e. The average molecular weight is 438 g/mol. The molecular weight excluding hydrogens is 412 g/mol. The van der Waals surface area contributed by atoms with Gasteiger partial charge in [-0.15, -0.1) is 0 Å². The van der Waals surface area contributed by atoms with Crippen LogP contribution in [0.1, 0.15) is 18.4 Å². The highest BCUT2D eigenvalue weighted by Gasteiger charge is 2.37. The number of phenolic OH excluding ortho intramolecular Hbond substituents is 2. The highest BCUT2D eigenvalue weighted by Crippen LogP contribution is 2.44. The number of aryl methyl sites for hydroxylation is 1. The summed E-state index contributed by atoms with van der Waals surface area (Å²) in [6, 6.07) is 4.17. The fourth-order valence-corrected chi connectivity index (χ4v) is 3.42. The Labute approximate surface area is 177 Å². The van der Waals surface area contributed by atoms with E-state index in [0.717, 1.165) is 0 Å². The fourth-order valence-electron chi connectivity index (χ4n) is 3.42. The van der Waals surface area contributed by atoms with E-state index in [-0.39, 0.29) is 37.4 Å². The molecule has 0 aliphatic carbocycles. The third-order valence-corrected chi connectivity index (χ3v) is 5.02. The summed E-state index contributed by atoms with van der Waals surface area (Å²) < 4.78 is 16.3. The van der Waals surface area contributed by atoms with Gasteiger partial charge in [-0.3, -0.25) is 4.79 Å². The van der Waals surface area contributed by atoms with Crippen molar-refractivity contribution in [3.05, 3.63) is 34.0 Å². The van der Waals surface area contributed by atoms with Crippen LogP contribution in [-0.4, -0.2) is 75.1 Å². The van der Waals surface area contributed by atoms with Gasteiger partial charge in [0.25, 0.3) is 0 Å². The third-order valence-electron chi connectivity index (χ3n) is 5.02. The number of aliphatic hydroxyl groups is 3. The smallest absolute Gasteiger partial charge is 0.221 e.